The molecular formula is C9H16N2O2. The smallest absolute Gasteiger partial charge is 0.229 e. The summed E-state index contributed by atoms with van der Waals surface area (Å²) in [6.45, 7) is 2.86. The maximum absolute atomic E-state index is 11.7. The lowest BCUT2D eigenvalue weighted by Crippen LogP contribution is -2.30. The van der Waals surface area contributed by atoms with Gasteiger partial charge in [0.05, 0.1) is 18.1 Å². The van der Waals surface area contributed by atoms with Gasteiger partial charge in [0.1, 0.15) is 0 Å². The summed E-state index contributed by atoms with van der Waals surface area (Å²) in [4.78, 5) is 19.1. The third kappa shape index (κ3) is 1.16. The summed E-state index contributed by atoms with van der Waals surface area (Å²) in [6, 6.07) is 0.266. The minimum atomic E-state index is 0.0694. The number of likely N-dealkylation sites (tertiary alicyclic amines) is 1. The molecule has 4 heteroatoms. The van der Waals surface area contributed by atoms with E-state index in [1.807, 2.05) is 19.2 Å². The minimum absolute atomic E-state index is 0.0694. The van der Waals surface area contributed by atoms with Gasteiger partial charge < -0.3 is 4.90 Å². The Hall–Kier alpha value is -0.610. The van der Waals surface area contributed by atoms with E-state index in [4.69, 9.17) is 4.84 Å². The molecule has 2 aliphatic rings. The molecule has 0 saturated carbocycles. The van der Waals surface area contributed by atoms with Crippen LogP contribution in [0.4, 0.5) is 0 Å². The molecule has 13 heavy (non-hydrogen) atoms. The lowest BCUT2D eigenvalue weighted by molar-refractivity contribution is -0.155. The number of amides is 1. The molecule has 0 radical (unpaired) electrons. The third-order valence-corrected chi connectivity index (χ3v) is 3.11. The minimum Gasteiger partial charge on any atom is -0.344 e. The molecule has 74 valence electrons. The third-order valence-electron chi connectivity index (χ3n) is 3.11. The number of rotatable bonds is 1. The van der Waals surface area contributed by atoms with E-state index in [2.05, 4.69) is 6.92 Å². The number of hydrogen-bond donors (Lipinski definition) is 0. The van der Waals surface area contributed by atoms with Crippen LogP contribution in [0.15, 0.2) is 0 Å². The Morgan fingerprint density at radius 1 is 1.54 bits per heavy atom. The van der Waals surface area contributed by atoms with Crippen molar-refractivity contribution in [1.82, 2.24) is 9.96 Å². The zero-order chi connectivity index (χ0) is 9.59. The number of hydrogen-bond acceptors (Lipinski definition) is 3. The van der Waals surface area contributed by atoms with Crippen LogP contribution in [0.3, 0.4) is 0 Å². The van der Waals surface area contributed by atoms with Crippen LogP contribution < -0.4 is 0 Å². The van der Waals surface area contributed by atoms with E-state index in [0.717, 1.165) is 13.0 Å². The van der Waals surface area contributed by atoms with Gasteiger partial charge in [0, 0.05) is 20.6 Å². The van der Waals surface area contributed by atoms with Crippen LogP contribution >= 0.6 is 0 Å². The van der Waals surface area contributed by atoms with E-state index in [9.17, 15) is 4.79 Å². The van der Waals surface area contributed by atoms with Gasteiger partial charge in [-0.15, -0.1) is 0 Å². The Morgan fingerprint density at radius 2 is 2.23 bits per heavy atom. The van der Waals surface area contributed by atoms with Gasteiger partial charge in [-0.3, -0.25) is 9.63 Å². The molecule has 0 unspecified atom stereocenters. The lowest BCUT2D eigenvalue weighted by Gasteiger charge is -2.18. The Kier molecular flexibility index (Phi) is 2.04. The Labute approximate surface area is 78.4 Å². The summed E-state index contributed by atoms with van der Waals surface area (Å²) in [5.74, 6) is 0.307. The van der Waals surface area contributed by atoms with Crippen molar-refractivity contribution in [2.24, 2.45) is 5.92 Å². The average Bonchev–Trinajstić information content (AvgIpc) is 2.55. The van der Waals surface area contributed by atoms with Gasteiger partial charge in [-0.05, 0) is 6.42 Å². The van der Waals surface area contributed by atoms with Gasteiger partial charge in [0.15, 0.2) is 0 Å². The summed E-state index contributed by atoms with van der Waals surface area (Å²) >= 11 is 0. The number of fused-ring (bicyclic) bond motifs is 1. The van der Waals surface area contributed by atoms with Crippen LogP contribution in [0, 0.1) is 5.92 Å². The van der Waals surface area contributed by atoms with Crippen molar-refractivity contribution in [1.29, 1.82) is 0 Å². The zero-order valence-corrected chi connectivity index (χ0v) is 8.36. The second kappa shape index (κ2) is 2.96. The highest BCUT2D eigenvalue weighted by molar-refractivity contribution is 5.82. The molecule has 0 bridgehead atoms. The van der Waals surface area contributed by atoms with Crippen LogP contribution in [0.1, 0.15) is 13.3 Å². The molecule has 0 spiro atoms. The van der Waals surface area contributed by atoms with Crippen LogP contribution in [0.2, 0.25) is 0 Å². The molecule has 0 aromatic carbocycles. The Morgan fingerprint density at radius 3 is 2.85 bits per heavy atom. The van der Waals surface area contributed by atoms with Crippen molar-refractivity contribution in [2.45, 2.75) is 25.5 Å². The van der Waals surface area contributed by atoms with Gasteiger partial charge in [0.25, 0.3) is 0 Å². The second-order valence-electron chi connectivity index (χ2n) is 3.91. The van der Waals surface area contributed by atoms with Crippen molar-refractivity contribution >= 4 is 5.91 Å². The quantitative estimate of drug-likeness (QED) is 0.579. The molecule has 2 fully saturated rings. The van der Waals surface area contributed by atoms with Crippen molar-refractivity contribution in [2.75, 3.05) is 20.6 Å². The highest BCUT2D eigenvalue weighted by atomic mass is 16.7. The average molecular weight is 184 g/mol. The van der Waals surface area contributed by atoms with Crippen LogP contribution in [-0.4, -0.2) is 48.7 Å². The highest BCUT2D eigenvalue weighted by Gasteiger charge is 2.51. The molecule has 2 heterocycles. The molecule has 3 atom stereocenters. The number of carbonyl (C=O) groups excluding carboxylic acids is 1. The summed E-state index contributed by atoms with van der Waals surface area (Å²) in [5.41, 5.74) is 0. The van der Waals surface area contributed by atoms with Crippen molar-refractivity contribution < 1.29 is 9.63 Å². The number of nitrogens with zero attached hydrogens (tertiary/aromatic N) is 2. The first-order chi connectivity index (χ1) is 6.15. The molecule has 0 aliphatic carbocycles. The normalized spacial score (nSPS) is 40.1. The molecule has 2 aliphatic heterocycles. The standard InChI is InChI=1S/C9H16N2O2/c1-4-7-8-6(11(3)13-7)5-10(2)9(8)12/h6-8H,4-5H2,1-3H3/t6-,7-,8+/m0/s1. The van der Waals surface area contributed by atoms with Gasteiger partial charge in [-0.1, -0.05) is 6.92 Å². The van der Waals surface area contributed by atoms with Crippen molar-refractivity contribution in [3.8, 4) is 0 Å². The number of hydroxylamine groups is 2. The Bertz CT molecular complexity index is 232. The predicted molar refractivity (Wildman–Crippen MR) is 47.8 cm³/mol. The zero-order valence-electron chi connectivity index (χ0n) is 8.36. The van der Waals surface area contributed by atoms with Gasteiger partial charge in [0.2, 0.25) is 5.91 Å². The fourth-order valence-electron chi connectivity index (χ4n) is 2.34. The fraction of sp³-hybridized carbons (Fsp3) is 0.889. The van der Waals surface area contributed by atoms with E-state index in [-0.39, 0.29) is 24.0 Å². The molecule has 4 nitrogen and oxygen atoms in total. The van der Waals surface area contributed by atoms with Gasteiger partial charge >= 0.3 is 0 Å². The lowest BCUT2D eigenvalue weighted by atomic mass is 9.96. The monoisotopic (exact) mass is 184 g/mol. The Balaban J connectivity index is 2.21. The SMILES string of the molecule is CC[C@@H]1ON(C)[C@H]2CN(C)C(=O)[C@@H]12. The maximum atomic E-state index is 11.7. The van der Waals surface area contributed by atoms with Gasteiger partial charge in [-0.2, -0.15) is 5.06 Å². The van der Waals surface area contributed by atoms with Crippen molar-refractivity contribution in [3.05, 3.63) is 0 Å². The van der Waals surface area contributed by atoms with Crippen LogP contribution in [0.5, 0.6) is 0 Å². The molecule has 2 saturated heterocycles. The number of carbonyl (C=O) groups is 1. The molecule has 1 amide bonds. The largest absolute Gasteiger partial charge is 0.344 e. The van der Waals surface area contributed by atoms with Crippen molar-refractivity contribution in [3.63, 3.8) is 0 Å². The fourth-order valence-corrected chi connectivity index (χ4v) is 2.34. The second-order valence-corrected chi connectivity index (χ2v) is 3.91. The first kappa shape index (κ1) is 8.97. The predicted octanol–water partition coefficient (Wildman–Crippen LogP) is 0.0988. The first-order valence-electron chi connectivity index (χ1n) is 4.79. The van der Waals surface area contributed by atoms with E-state index in [1.165, 1.54) is 0 Å². The summed E-state index contributed by atoms with van der Waals surface area (Å²) in [6.07, 6.45) is 0.998. The van der Waals surface area contributed by atoms with E-state index in [0.29, 0.717) is 0 Å². The summed E-state index contributed by atoms with van der Waals surface area (Å²) in [5, 5.41) is 1.85. The molecular weight excluding hydrogens is 168 g/mol. The summed E-state index contributed by atoms with van der Waals surface area (Å²) in [7, 11) is 3.78. The first-order valence-corrected chi connectivity index (χ1v) is 4.79. The van der Waals surface area contributed by atoms with Gasteiger partial charge in [-0.25, -0.2) is 0 Å². The molecule has 0 aromatic heterocycles. The molecule has 0 aromatic rings. The molecule has 2 rings (SSSR count). The highest BCUT2D eigenvalue weighted by Crippen LogP contribution is 2.34. The van der Waals surface area contributed by atoms with E-state index < -0.39 is 0 Å². The molecule has 0 N–H and O–H groups in total. The van der Waals surface area contributed by atoms with E-state index >= 15 is 0 Å². The maximum Gasteiger partial charge on any atom is 0.229 e. The van der Waals surface area contributed by atoms with Crippen LogP contribution in [-0.2, 0) is 9.63 Å². The van der Waals surface area contributed by atoms with Crippen LogP contribution in [0.25, 0.3) is 0 Å². The number of likely N-dealkylation sites (N-methyl/N-ethyl adjacent to an activating group) is 2. The van der Waals surface area contributed by atoms with E-state index in [1.54, 1.807) is 4.90 Å². The summed E-state index contributed by atoms with van der Waals surface area (Å²) < 4.78 is 0. The topological polar surface area (TPSA) is 32.8 Å².